The van der Waals surface area contributed by atoms with Gasteiger partial charge in [-0.3, -0.25) is 4.79 Å². The van der Waals surface area contributed by atoms with Crippen LogP contribution < -0.4 is 10.2 Å². The van der Waals surface area contributed by atoms with E-state index in [-0.39, 0.29) is 5.91 Å². The average Bonchev–Trinajstić information content (AvgIpc) is 2.27. The summed E-state index contributed by atoms with van der Waals surface area (Å²) in [4.78, 5) is 13.5. The maximum atomic E-state index is 11.6. The van der Waals surface area contributed by atoms with Crippen molar-refractivity contribution >= 4 is 11.6 Å². The number of amides is 1. The van der Waals surface area contributed by atoms with E-state index in [0.717, 1.165) is 12.2 Å². The van der Waals surface area contributed by atoms with Gasteiger partial charge in [-0.2, -0.15) is 0 Å². The standard InChI is InChI=1S/C13H20N2O/c1-11(2)9-14-13(16)10-15(3)12-7-5-4-6-8-12/h4-8,11H,9-10H2,1-3H3,(H,14,16). The van der Waals surface area contributed by atoms with Crippen molar-refractivity contribution in [2.75, 3.05) is 25.0 Å². The van der Waals surface area contributed by atoms with Crippen LogP contribution in [-0.4, -0.2) is 26.0 Å². The lowest BCUT2D eigenvalue weighted by molar-refractivity contribution is -0.119. The van der Waals surface area contributed by atoms with E-state index in [1.54, 1.807) is 0 Å². The van der Waals surface area contributed by atoms with Gasteiger partial charge in [0, 0.05) is 19.3 Å². The Labute approximate surface area is 97.5 Å². The first-order valence-electron chi connectivity index (χ1n) is 5.62. The van der Waals surface area contributed by atoms with Crippen LogP contribution >= 0.6 is 0 Å². The third-order valence-corrected chi connectivity index (χ3v) is 2.29. The van der Waals surface area contributed by atoms with Gasteiger partial charge in [-0.05, 0) is 18.1 Å². The average molecular weight is 220 g/mol. The molecule has 1 amide bonds. The molecule has 3 nitrogen and oxygen atoms in total. The second-order valence-electron chi connectivity index (χ2n) is 4.39. The van der Waals surface area contributed by atoms with Gasteiger partial charge in [-0.15, -0.1) is 0 Å². The van der Waals surface area contributed by atoms with E-state index in [4.69, 9.17) is 0 Å². The number of benzene rings is 1. The highest BCUT2D eigenvalue weighted by molar-refractivity contribution is 5.81. The lowest BCUT2D eigenvalue weighted by Crippen LogP contribution is -2.36. The fourth-order valence-electron chi connectivity index (χ4n) is 1.36. The Balaban J connectivity index is 2.40. The molecule has 16 heavy (non-hydrogen) atoms. The number of carbonyl (C=O) groups is 1. The monoisotopic (exact) mass is 220 g/mol. The summed E-state index contributed by atoms with van der Waals surface area (Å²) in [6, 6.07) is 9.90. The number of rotatable bonds is 5. The molecule has 0 bridgehead atoms. The van der Waals surface area contributed by atoms with Gasteiger partial charge in [0.05, 0.1) is 6.54 Å². The van der Waals surface area contributed by atoms with Crippen molar-refractivity contribution in [1.82, 2.24) is 5.32 Å². The zero-order valence-electron chi connectivity index (χ0n) is 10.2. The molecule has 1 aromatic carbocycles. The SMILES string of the molecule is CC(C)CNC(=O)CN(C)c1ccccc1. The van der Waals surface area contributed by atoms with Crippen LogP contribution in [0.15, 0.2) is 30.3 Å². The predicted molar refractivity (Wildman–Crippen MR) is 67.6 cm³/mol. The smallest absolute Gasteiger partial charge is 0.239 e. The number of carbonyl (C=O) groups excluding carboxylic acids is 1. The van der Waals surface area contributed by atoms with E-state index < -0.39 is 0 Å². The minimum absolute atomic E-state index is 0.0695. The molecule has 0 saturated carbocycles. The number of likely N-dealkylation sites (N-methyl/N-ethyl adjacent to an activating group) is 1. The summed E-state index contributed by atoms with van der Waals surface area (Å²) in [6.07, 6.45) is 0. The fraction of sp³-hybridized carbons (Fsp3) is 0.462. The summed E-state index contributed by atoms with van der Waals surface area (Å²) in [7, 11) is 1.92. The predicted octanol–water partition coefficient (Wildman–Crippen LogP) is 1.89. The first-order valence-corrected chi connectivity index (χ1v) is 5.62. The maximum Gasteiger partial charge on any atom is 0.239 e. The Bertz CT molecular complexity index is 322. The molecule has 1 rings (SSSR count). The quantitative estimate of drug-likeness (QED) is 0.822. The van der Waals surface area contributed by atoms with E-state index in [1.165, 1.54) is 0 Å². The number of nitrogens with one attached hydrogen (secondary N) is 1. The van der Waals surface area contributed by atoms with Gasteiger partial charge in [0.25, 0.3) is 0 Å². The molecule has 0 aromatic heterocycles. The Morgan fingerprint density at radius 2 is 1.94 bits per heavy atom. The summed E-state index contributed by atoms with van der Waals surface area (Å²) in [5, 5.41) is 2.90. The number of nitrogens with zero attached hydrogens (tertiary/aromatic N) is 1. The Morgan fingerprint density at radius 3 is 2.50 bits per heavy atom. The number of hydrogen-bond donors (Lipinski definition) is 1. The first kappa shape index (κ1) is 12.6. The highest BCUT2D eigenvalue weighted by atomic mass is 16.2. The molecule has 0 saturated heterocycles. The van der Waals surface area contributed by atoms with Crippen LogP contribution in [0.4, 0.5) is 5.69 Å². The molecule has 1 aromatic rings. The first-order chi connectivity index (χ1) is 7.59. The van der Waals surface area contributed by atoms with E-state index in [9.17, 15) is 4.79 Å². The molecule has 0 heterocycles. The Hall–Kier alpha value is -1.51. The van der Waals surface area contributed by atoms with Gasteiger partial charge >= 0.3 is 0 Å². The zero-order valence-corrected chi connectivity index (χ0v) is 10.2. The minimum Gasteiger partial charge on any atom is -0.365 e. The topological polar surface area (TPSA) is 32.3 Å². The second-order valence-corrected chi connectivity index (χ2v) is 4.39. The van der Waals surface area contributed by atoms with Crippen molar-refractivity contribution in [2.24, 2.45) is 5.92 Å². The van der Waals surface area contributed by atoms with Gasteiger partial charge < -0.3 is 10.2 Å². The third kappa shape index (κ3) is 4.34. The van der Waals surface area contributed by atoms with Crippen molar-refractivity contribution in [3.8, 4) is 0 Å². The van der Waals surface area contributed by atoms with E-state index in [0.29, 0.717) is 12.5 Å². The van der Waals surface area contributed by atoms with Crippen molar-refractivity contribution in [3.63, 3.8) is 0 Å². The van der Waals surface area contributed by atoms with Crippen molar-refractivity contribution in [1.29, 1.82) is 0 Å². The van der Waals surface area contributed by atoms with Gasteiger partial charge in [0.2, 0.25) is 5.91 Å². The van der Waals surface area contributed by atoms with Gasteiger partial charge in [-0.25, -0.2) is 0 Å². The number of para-hydroxylation sites is 1. The lowest BCUT2D eigenvalue weighted by Gasteiger charge is -2.19. The minimum atomic E-state index is 0.0695. The second kappa shape index (κ2) is 6.16. The molecule has 0 unspecified atom stereocenters. The Kier molecular flexibility index (Phi) is 4.83. The molecule has 0 atom stereocenters. The van der Waals surface area contributed by atoms with Gasteiger partial charge in [-0.1, -0.05) is 32.0 Å². The van der Waals surface area contributed by atoms with Crippen LogP contribution in [0.2, 0.25) is 0 Å². The highest BCUT2D eigenvalue weighted by Crippen LogP contribution is 2.09. The lowest BCUT2D eigenvalue weighted by atomic mass is 10.2. The molecule has 1 N–H and O–H groups in total. The van der Waals surface area contributed by atoms with E-state index in [1.807, 2.05) is 42.3 Å². The fourth-order valence-corrected chi connectivity index (χ4v) is 1.36. The molecule has 0 aliphatic heterocycles. The maximum absolute atomic E-state index is 11.6. The van der Waals surface area contributed by atoms with Crippen molar-refractivity contribution < 1.29 is 4.79 Å². The Morgan fingerprint density at radius 1 is 1.31 bits per heavy atom. The summed E-state index contributed by atoms with van der Waals surface area (Å²) in [5.74, 6) is 0.561. The van der Waals surface area contributed by atoms with E-state index >= 15 is 0 Å². The molecule has 3 heteroatoms. The third-order valence-electron chi connectivity index (χ3n) is 2.29. The summed E-state index contributed by atoms with van der Waals surface area (Å²) < 4.78 is 0. The van der Waals surface area contributed by atoms with Gasteiger partial charge in [0.15, 0.2) is 0 Å². The van der Waals surface area contributed by atoms with Crippen LogP contribution in [0.25, 0.3) is 0 Å². The van der Waals surface area contributed by atoms with Crippen LogP contribution in [0, 0.1) is 5.92 Å². The van der Waals surface area contributed by atoms with Crippen molar-refractivity contribution in [2.45, 2.75) is 13.8 Å². The van der Waals surface area contributed by atoms with Crippen LogP contribution in [0.1, 0.15) is 13.8 Å². The van der Waals surface area contributed by atoms with Crippen LogP contribution in [0.3, 0.4) is 0 Å². The summed E-state index contributed by atoms with van der Waals surface area (Å²) in [5.41, 5.74) is 1.06. The number of hydrogen-bond acceptors (Lipinski definition) is 2. The summed E-state index contributed by atoms with van der Waals surface area (Å²) in [6.45, 7) is 5.31. The zero-order chi connectivity index (χ0) is 12.0. The molecule has 0 spiro atoms. The van der Waals surface area contributed by atoms with Gasteiger partial charge in [0.1, 0.15) is 0 Å². The highest BCUT2D eigenvalue weighted by Gasteiger charge is 2.06. The largest absolute Gasteiger partial charge is 0.365 e. The van der Waals surface area contributed by atoms with Crippen molar-refractivity contribution in [3.05, 3.63) is 30.3 Å². The number of anilines is 1. The molecule has 0 fully saturated rings. The molecular formula is C13H20N2O. The molecule has 0 aliphatic carbocycles. The van der Waals surface area contributed by atoms with Crippen LogP contribution in [0.5, 0.6) is 0 Å². The molecule has 0 aliphatic rings. The van der Waals surface area contributed by atoms with E-state index in [2.05, 4.69) is 19.2 Å². The van der Waals surface area contributed by atoms with Crippen LogP contribution in [-0.2, 0) is 4.79 Å². The molecule has 88 valence electrons. The molecule has 0 radical (unpaired) electrons. The molecular weight excluding hydrogens is 200 g/mol. The normalized spacial score (nSPS) is 10.2. The summed E-state index contributed by atoms with van der Waals surface area (Å²) >= 11 is 0.